The van der Waals surface area contributed by atoms with Gasteiger partial charge in [-0.1, -0.05) is 18.2 Å². The first-order valence-electron chi connectivity index (χ1n) is 6.62. The van der Waals surface area contributed by atoms with Crippen molar-refractivity contribution in [2.75, 3.05) is 7.11 Å². The summed E-state index contributed by atoms with van der Waals surface area (Å²) in [6.45, 7) is 2.22. The first-order chi connectivity index (χ1) is 10.1. The summed E-state index contributed by atoms with van der Waals surface area (Å²) >= 11 is 0. The molecule has 0 amide bonds. The average molecular weight is 286 g/mol. The zero-order chi connectivity index (χ0) is 15.2. The fourth-order valence-corrected chi connectivity index (χ4v) is 1.89. The molecule has 0 aliphatic rings. The van der Waals surface area contributed by atoms with Gasteiger partial charge in [-0.2, -0.15) is 0 Å². The third-order valence-corrected chi connectivity index (χ3v) is 3.03. The van der Waals surface area contributed by atoms with Crippen molar-refractivity contribution in [1.29, 1.82) is 0 Å². The van der Waals surface area contributed by atoms with Crippen LogP contribution in [-0.4, -0.2) is 18.1 Å². The van der Waals surface area contributed by atoms with E-state index < -0.39 is 5.97 Å². The SMILES string of the molecule is COC(=O)c1ccc(COc2ccccc2C(C)N)nc1. The molecule has 0 fully saturated rings. The lowest BCUT2D eigenvalue weighted by Crippen LogP contribution is -2.08. The minimum atomic E-state index is -0.405. The van der Waals surface area contributed by atoms with Crippen LogP contribution in [0.3, 0.4) is 0 Å². The van der Waals surface area contributed by atoms with Crippen molar-refractivity contribution in [3.63, 3.8) is 0 Å². The number of pyridine rings is 1. The van der Waals surface area contributed by atoms with E-state index in [1.54, 1.807) is 12.1 Å². The van der Waals surface area contributed by atoms with Crippen molar-refractivity contribution in [3.8, 4) is 5.75 Å². The molecule has 0 aliphatic heterocycles. The van der Waals surface area contributed by atoms with Crippen molar-refractivity contribution in [1.82, 2.24) is 4.98 Å². The second kappa shape index (κ2) is 6.85. The van der Waals surface area contributed by atoms with Gasteiger partial charge in [0.15, 0.2) is 0 Å². The molecular weight excluding hydrogens is 268 g/mol. The summed E-state index contributed by atoms with van der Waals surface area (Å²) in [7, 11) is 1.34. The Morgan fingerprint density at radius 1 is 1.29 bits per heavy atom. The van der Waals surface area contributed by atoms with Gasteiger partial charge >= 0.3 is 5.97 Å². The molecular formula is C16H18N2O3. The van der Waals surface area contributed by atoms with Crippen LogP contribution in [0.2, 0.25) is 0 Å². The Bertz CT molecular complexity index is 609. The van der Waals surface area contributed by atoms with Crippen LogP contribution in [0.15, 0.2) is 42.6 Å². The number of nitrogens with two attached hydrogens (primary N) is 1. The van der Waals surface area contributed by atoms with Crippen molar-refractivity contribution in [3.05, 3.63) is 59.4 Å². The van der Waals surface area contributed by atoms with Gasteiger partial charge in [0.25, 0.3) is 0 Å². The summed E-state index contributed by atoms with van der Waals surface area (Å²) in [6.07, 6.45) is 1.47. The molecule has 1 aromatic heterocycles. The largest absolute Gasteiger partial charge is 0.487 e. The van der Waals surface area contributed by atoms with E-state index in [1.165, 1.54) is 13.3 Å². The molecule has 1 aromatic carbocycles. The second-order valence-electron chi connectivity index (χ2n) is 4.64. The average Bonchev–Trinajstić information content (AvgIpc) is 2.52. The van der Waals surface area contributed by atoms with E-state index in [4.69, 9.17) is 10.5 Å². The summed E-state index contributed by atoms with van der Waals surface area (Å²) in [5, 5.41) is 0. The minimum Gasteiger partial charge on any atom is -0.487 e. The number of hydrogen-bond donors (Lipinski definition) is 1. The standard InChI is InChI=1S/C16H18N2O3/c1-11(17)14-5-3-4-6-15(14)21-10-13-8-7-12(9-18-13)16(19)20-2/h3-9,11H,10,17H2,1-2H3. The van der Waals surface area contributed by atoms with Crippen LogP contribution < -0.4 is 10.5 Å². The summed E-state index contributed by atoms with van der Waals surface area (Å²) < 4.78 is 10.4. The number of nitrogens with zero attached hydrogens (tertiary/aromatic N) is 1. The van der Waals surface area contributed by atoms with E-state index in [0.29, 0.717) is 12.2 Å². The van der Waals surface area contributed by atoms with E-state index in [2.05, 4.69) is 9.72 Å². The van der Waals surface area contributed by atoms with E-state index in [9.17, 15) is 4.79 Å². The lowest BCUT2D eigenvalue weighted by atomic mass is 10.1. The molecule has 0 spiro atoms. The molecule has 5 heteroatoms. The van der Waals surface area contributed by atoms with Gasteiger partial charge < -0.3 is 15.2 Å². The number of rotatable bonds is 5. The first kappa shape index (κ1) is 15.0. The molecule has 1 unspecified atom stereocenters. The lowest BCUT2D eigenvalue weighted by Gasteiger charge is -2.13. The van der Waals surface area contributed by atoms with Gasteiger partial charge in [-0.15, -0.1) is 0 Å². The Morgan fingerprint density at radius 2 is 2.05 bits per heavy atom. The van der Waals surface area contributed by atoms with Crippen LogP contribution in [-0.2, 0) is 11.3 Å². The number of ether oxygens (including phenoxy) is 2. The van der Waals surface area contributed by atoms with Gasteiger partial charge in [0.1, 0.15) is 12.4 Å². The first-order valence-corrected chi connectivity index (χ1v) is 6.62. The topological polar surface area (TPSA) is 74.4 Å². The quantitative estimate of drug-likeness (QED) is 0.855. The Balaban J connectivity index is 2.05. The molecule has 0 radical (unpaired) electrons. The lowest BCUT2D eigenvalue weighted by molar-refractivity contribution is 0.0600. The monoisotopic (exact) mass is 286 g/mol. The summed E-state index contributed by atoms with van der Waals surface area (Å²) in [5.41, 5.74) is 7.99. The van der Waals surface area contributed by atoms with E-state index in [-0.39, 0.29) is 6.04 Å². The highest BCUT2D eigenvalue weighted by Gasteiger charge is 2.09. The Hall–Kier alpha value is -2.40. The van der Waals surface area contributed by atoms with Gasteiger partial charge in [0, 0.05) is 17.8 Å². The smallest absolute Gasteiger partial charge is 0.339 e. The van der Waals surface area contributed by atoms with Crippen LogP contribution in [0.5, 0.6) is 5.75 Å². The number of aromatic nitrogens is 1. The number of carbonyl (C=O) groups is 1. The number of carbonyl (C=O) groups excluding carboxylic acids is 1. The Kier molecular flexibility index (Phi) is 4.90. The number of para-hydroxylation sites is 1. The highest BCUT2D eigenvalue weighted by molar-refractivity contribution is 5.88. The summed E-state index contributed by atoms with van der Waals surface area (Å²) in [4.78, 5) is 15.5. The van der Waals surface area contributed by atoms with Crippen molar-refractivity contribution in [2.45, 2.75) is 19.6 Å². The third kappa shape index (κ3) is 3.79. The third-order valence-electron chi connectivity index (χ3n) is 3.03. The van der Waals surface area contributed by atoms with E-state index >= 15 is 0 Å². The van der Waals surface area contributed by atoms with Crippen molar-refractivity contribution >= 4 is 5.97 Å². The van der Waals surface area contributed by atoms with Crippen LogP contribution >= 0.6 is 0 Å². The highest BCUT2D eigenvalue weighted by atomic mass is 16.5. The van der Waals surface area contributed by atoms with Crippen LogP contribution in [0, 0.1) is 0 Å². The molecule has 5 nitrogen and oxygen atoms in total. The maximum Gasteiger partial charge on any atom is 0.339 e. The van der Waals surface area contributed by atoms with Crippen LogP contribution in [0.4, 0.5) is 0 Å². The number of methoxy groups -OCH3 is 1. The molecule has 2 aromatic rings. The molecule has 0 bridgehead atoms. The van der Waals surface area contributed by atoms with E-state index in [1.807, 2.05) is 31.2 Å². The zero-order valence-electron chi connectivity index (χ0n) is 12.1. The van der Waals surface area contributed by atoms with Crippen molar-refractivity contribution < 1.29 is 14.3 Å². The molecule has 1 heterocycles. The fraction of sp³-hybridized carbons (Fsp3) is 0.250. The molecule has 2 N–H and O–H groups in total. The molecule has 0 saturated carbocycles. The summed E-state index contributed by atoms with van der Waals surface area (Å²) in [6, 6.07) is 10.9. The molecule has 1 atom stereocenters. The van der Waals surface area contributed by atoms with Gasteiger partial charge in [-0.25, -0.2) is 4.79 Å². The molecule has 21 heavy (non-hydrogen) atoms. The normalized spacial score (nSPS) is 11.8. The number of benzene rings is 1. The molecule has 110 valence electrons. The molecule has 0 saturated heterocycles. The molecule has 2 rings (SSSR count). The Morgan fingerprint density at radius 3 is 2.67 bits per heavy atom. The number of esters is 1. The molecule has 0 aliphatic carbocycles. The van der Waals surface area contributed by atoms with E-state index in [0.717, 1.165) is 17.0 Å². The maximum atomic E-state index is 11.3. The van der Waals surface area contributed by atoms with Gasteiger partial charge in [0.2, 0.25) is 0 Å². The predicted octanol–water partition coefficient (Wildman–Crippen LogP) is 2.47. The van der Waals surface area contributed by atoms with Crippen LogP contribution in [0.25, 0.3) is 0 Å². The van der Waals surface area contributed by atoms with Gasteiger partial charge in [0.05, 0.1) is 18.4 Å². The van der Waals surface area contributed by atoms with Crippen LogP contribution in [0.1, 0.15) is 34.6 Å². The predicted molar refractivity (Wildman–Crippen MR) is 79.0 cm³/mol. The minimum absolute atomic E-state index is 0.101. The zero-order valence-corrected chi connectivity index (χ0v) is 12.1. The van der Waals surface area contributed by atoms with Crippen molar-refractivity contribution in [2.24, 2.45) is 5.73 Å². The maximum absolute atomic E-state index is 11.3. The summed E-state index contributed by atoms with van der Waals surface area (Å²) in [5.74, 6) is 0.337. The number of hydrogen-bond acceptors (Lipinski definition) is 5. The second-order valence-corrected chi connectivity index (χ2v) is 4.64. The highest BCUT2D eigenvalue weighted by Crippen LogP contribution is 2.23. The fourth-order valence-electron chi connectivity index (χ4n) is 1.89. The van der Waals surface area contributed by atoms with Gasteiger partial charge in [-0.05, 0) is 25.1 Å². The van der Waals surface area contributed by atoms with Gasteiger partial charge in [-0.3, -0.25) is 4.98 Å². The Labute approximate surface area is 123 Å².